The number of rotatable bonds is 4. The number of aryl methyl sites for hydroxylation is 1. The molecule has 0 bridgehead atoms. The van der Waals surface area contributed by atoms with Crippen LogP contribution in [0.25, 0.3) is 0 Å². The second-order valence-electron chi connectivity index (χ2n) is 4.65. The maximum atomic E-state index is 12.2. The van der Waals surface area contributed by atoms with E-state index in [-0.39, 0.29) is 18.6 Å². The van der Waals surface area contributed by atoms with Crippen LogP contribution >= 0.6 is 15.9 Å². The van der Waals surface area contributed by atoms with Gasteiger partial charge in [0.25, 0.3) is 0 Å². The van der Waals surface area contributed by atoms with Gasteiger partial charge < -0.3 is 15.3 Å². The van der Waals surface area contributed by atoms with Crippen molar-refractivity contribution in [3.8, 4) is 0 Å². The maximum Gasteiger partial charge on any atom is 0.245 e. The number of carbonyl (C=O) groups is 1. The SMILES string of the molecule is Cc1nc(NC2CCCN(CCO)C2=O)ccc1Br. The molecule has 0 radical (unpaired) electrons. The molecule has 104 valence electrons. The summed E-state index contributed by atoms with van der Waals surface area (Å²) in [5, 5.41) is 12.1. The molecule has 2 N–H and O–H groups in total. The molecule has 1 aromatic rings. The number of nitrogens with one attached hydrogen (secondary N) is 1. The van der Waals surface area contributed by atoms with Crippen LogP contribution in [0.5, 0.6) is 0 Å². The third-order valence-electron chi connectivity index (χ3n) is 3.24. The summed E-state index contributed by atoms with van der Waals surface area (Å²) in [6.45, 7) is 3.05. The molecule has 1 amide bonds. The molecule has 1 aliphatic heterocycles. The first-order valence-corrected chi connectivity index (χ1v) is 7.20. The van der Waals surface area contributed by atoms with E-state index in [0.717, 1.165) is 29.6 Å². The van der Waals surface area contributed by atoms with Crippen LogP contribution in [-0.4, -0.2) is 46.6 Å². The molecule has 1 unspecified atom stereocenters. The topological polar surface area (TPSA) is 65.5 Å². The highest BCUT2D eigenvalue weighted by Gasteiger charge is 2.28. The molecule has 1 aliphatic rings. The van der Waals surface area contributed by atoms with Gasteiger partial charge in [0, 0.05) is 17.6 Å². The first-order chi connectivity index (χ1) is 9.11. The standard InChI is InChI=1S/C13H18BrN3O2/c1-9-10(14)4-5-12(15-9)16-11-3-2-6-17(7-8-18)13(11)19/h4-5,11,18H,2-3,6-8H2,1H3,(H,15,16). The summed E-state index contributed by atoms with van der Waals surface area (Å²) < 4.78 is 0.954. The Balaban J connectivity index is 2.05. The zero-order valence-corrected chi connectivity index (χ0v) is 12.5. The van der Waals surface area contributed by atoms with Gasteiger partial charge in [-0.3, -0.25) is 4.79 Å². The lowest BCUT2D eigenvalue weighted by molar-refractivity contribution is -0.134. The van der Waals surface area contributed by atoms with Gasteiger partial charge in [-0.15, -0.1) is 0 Å². The summed E-state index contributed by atoms with van der Waals surface area (Å²) in [5.41, 5.74) is 0.889. The maximum absolute atomic E-state index is 12.2. The number of β-amino-alcohol motifs (C(OH)–C–C–N with tert-alkyl or cyclic N) is 1. The van der Waals surface area contributed by atoms with Crippen LogP contribution in [0.2, 0.25) is 0 Å². The number of piperidine rings is 1. The number of aromatic nitrogens is 1. The van der Waals surface area contributed by atoms with Crippen molar-refractivity contribution in [2.24, 2.45) is 0 Å². The molecule has 1 saturated heterocycles. The number of aliphatic hydroxyl groups excluding tert-OH is 1. The van der Waals surface area contributed by atoms with E-state index in [9.17, 15) is 4.79 Å². The molecule has 1 atom stereocenters. The van der Waals surface area contributed by atoms with E-state index in [1.807, 2.05) is 19.1 Å². The number of pyridine rings is 1. The highest BCUT2D eigenvalue weighted by atomic mass is 79.9. The Labute approximate surface area is 121 Å². The smallest absolute Gasteiger partial charge is 0.245 e. The average Bonchev–Trinajstić information content (AvgIpc) is 2.39. The predicted octanol–water partition coefficient (Wildman–Crippen LogP) is 1.55. The van der Waals surface area contributed by atoms with Gasteiger partial charge in [-0.1, -0.05) is 0 Å². The van der Waals surface area contributed by atoms with Gasteiger partial charge in [0.15, 0.2) is 0 Å². The molecule has 6 heteroatoms. The molecule has 0 spiro atoms. The van der Waals surface area contributed by atoms with Gasteiger partial charge in [0.2, 0.25) is 5.91 Å². The number of nitrogens with zero attached hydrogens (tertiary/aromatic N) is 2. The fraction of sp³-hybridized carbons (Fsp3) is 0.538. The predicted molar refractivity (Wildman–Crippen MR) is 77.0 cm³/mol. The molecule has 19 heavy (non-hydrogen) atoms. The summed E-state index contributed by atoms with van der Waals surface area (Å²) in [7, 11) is 0. The molecule has 0 saturated carbocycles. The van der Waals surface area contributed by atoms with Gasteiger partial charge in [-0.25, -0.2) is 4.98 Å². The van der Waals surface area contributed by atoms with Gasteiger partial charge in [0.05, 0.1) is 12.3 Å². The Morgan fingerprint density at radius 1 is 1.58 bits per heavy atom. The Bertz CT molecular complexity index is 465. The van der Waals surface area contributed by atoms with Gasteiger partial charge >= 0.3 is 0 Å². The number of aliphatic hydroxyl groups is 1. The molecular weight excluding hydrogens is 310 g/mol. The van der Waals surface area contributed by atoms with Gasteiger partial charge in [-0.05, 0) is 47.8 Å². The zero-order chi connectivity index (χ0) is 13.8. The fourth-order valence-electron chi connectivity index (χ4n) is 2.22. The Hall–Kier alpha value is -1.14. The van der Waals surface area contributed by atoms with Crippen LogP contribution in [-0.2, 0) is 4.79 Å². The Morgan fingerprint density at radius 3 is 3.05 bits per heavy atom. The van der Waals surface area contributed by atoms with Crippen LogP contribution in [0.15, 0.2) is 16.6 Å². The number of halogens is 1. The van der Waals surface area contributed by atoms with Crippen molar-refractivity contribution in [2.45, 2.75) is 25.8 Å². The highest BCUT2D eigenvalue weighted by molar-refractivity contribution is 9.10. The van der Waals surface area contributed by atoms with E-state index < -0.39 is 0 Å². The lowest BCUT2D eigenvalue weighted by Crippen LogP contribution is -2.48. The van der Waals surface area contributed by atoms with Crippen LogP contribution in [0, 0.1) is 6.92 Å². The molecule has 2 heterocycles. The summed E-state index contributed by atoms with van der Waals surface area (Å²) >= 11 is 3.40. The van der Waals surface area contributed by atoms with Crippen molar-refractivity contribution in [3.63, 3.8) is 0 Å². The van der Waals surface area contributed by atoms with Gasteiger partial charge in [-0.2, -0.15) is 0 Å². The minimum absolute atomic E-state index is 0.00804. The largest absolute Gasteiger partial charge is 0.395 e. The molecular formula is C13H18BrN3O2. The van der Waals surface area contributed by atoms with Gasteiger partial charge in [0.1, 0.15) is 11.9 Å². The normalized spacial score (nSPS) is 19.6. The van der Waals surface area contributed by atoms with Crippen molar-refractivity contribution in [1.29, 1.82) is 0 Å². The average molecular weight is 328 g/mol. The highest BCUT2D eigenvalue weighted by Crippen LogP contribution is 2.19. The first kappa shape index (κ1) is 14.3. The summed E-state index contributed by atoms with van der Waals surface area (Å²) in [5.74, 6) is 0.757. The van der Waals surface area contributed by atoms with Crippen LogP contribution in [0.4, 0.5) is 5.82 Å². The molecule has 0 aliphatic carbocycles. The van der Waals surface area contributed by atoms with E-state index in [1.165, 1.54) is 0 Å². The first-order valence-electron chi connectivity index (χ1n) is 6.41. The lowest BCUT2D eigenvalue weighted by Gasteiger charge is -2.32. The second-order valence-corrected chi connectivity index (χ2v) is 5.51. The molecule has 1 fully saturated rings. The van der Waals surface area contributed by atoms with Crippen molar-refractivity contribution in [1.82, 2.24) is 9.88 Å². The number of hydrogen-bond acceptors (Lipinski definition) is 4. The van der Waals surface area contributed by atoms with E-state index >= 15 is 0 Å². The number of likely N-dealkylation sites (tertiary alicyclic amines) is 1. The quantitative estimate of drug-likeness (QED) is 0.880. The van der Waals surface area contributed by atoms with E-state index in [0.29, 0.717) is 12.4 Å². The Kier molecular flexibility index (Phi) is 4.76. The molecule has 0 aromatic carbocycles. The second kappa shape index (κ2) is 6.34. The zero-order valence-electron chi connectivity index (χ0n) is 10.9. The Morgan fingerprint density at radius 2 is 2.37 bits per heavy atom. The summed E-state index contributed by atoms with van der Waals surface area (Å²) in [4.78, 5) is 18.3. The minimum atomic E-state index is -0.242. The third kappa shape index (κ3) is 3.45. The van der Waals surface area contributed by atoms with Crippen LogP contribution in [0.1, 0.15) is 18.5 Å². The summed E-state index contributed by atoms with van der Waals surface area (Å²) in [6, 6.07) is 3.53. The van der Waals surface area contributed by atoms with E-state index in [1.54, 1.807) is 4.90 Å². The van der Waals surface area contributed by atoms with Crippen molar-refractivity contribution in [3.05, 3.63) is 22.3 Å². The number of carbonyl (C=O) groups excluding carboxylic acids is 1. The number of amides is 1. The number of hydrogen-bond donors (Lipinski definition) is 2. The van der Waals surface area contributed by atoms with Crippen LogP contribution < -0.4 is 5.32 Å². The van der Waals surface area contributed by atoms with Crippen LogP contribution in [0.3, 0.4) is 0 Å². The van der Waals surface area contributed by atoms with Crippen molar-refractivity contribution >= 4 is 27.7 Å². The van der Waals surface area contributed by atoms with Crippen molar-refractivity contribution in [2.75, 3.05) is 25.0 Å². The summed E-state index contributed by atoms with van der Waals surface area (Å²) in [6.07, 6.45) is 1.75. The lowest BCUT2D eigenvalue weighted by atomic mass is 10.0. The molecule has 5 nitrogen and oxygen atoms in total. The molecule has 1 aromatic heterocycles. The number of anilines is 1. The third-order valence-corrected chi connectivity index (χ3v) is 4.08. The van der Waals surface area contributed by atoms with E-state index in [4.69, 9.17) is 5.11 Å². The van der Waals surface area contributed by atoms with E-state index in [2.05, 4.69) is 26.2 Å². The minimum Gasteiger partial charge on any atom is -0.395 e. The monoisotopic (exact) mass is 327 g/mol. The fourth-order valence-corrected chi connectivity index (χ4v) is 2.44. The molecule has 2 rings (SSSR count). The van der Waals surface area contributed by atoms with Crippen molar-refractivity contribution < 1.29 is 9.90 Å².